The Morgan fingerprint density at radius 1 is 1.09 bits per heavy atom. The number of nitrogens with one attached hydrogen (secondary N) is 2. The molecule has 4 nitrogen and oxygen atoms in total. The molecule has 0 heterocycles. The van der Waals surface area contributed by atoms with Crippen molar-refractivity contribution in [2.75, 3.05) is 6.54 Å². The second kappa shape index (κ2) is 9.81. The Balaban J connectivity index is 1.45. The smallest absolute Gasteiger partial charge is 0.407 e. The topological polar surface area (TPSA) is 50.4 Å². The van der Waals surface area contributed by atoms with Gasteiger partial charge in [-0.1, -0.05) is 55.1 Å². The lowest BCUT2D eigenvalue weighted by Gasteiger charge is -2.41. The second-order valence-corrected chi connectivity index (χ2v) is 9.68. The molecule has 1 fully saturated rings. The minimum Gasteiger partial charge on any atom is -0.446 e. The highest BCUT2D eigenvalue weighted by atomic mass is 16.6. The standard InChI is InChI=1S/C28H36N2O2/c1-20(2)30-27(31)32-24-15-17-28(18-16-24,23-11-5-4-6-12-23)19-29-21(3)25-13-7-9-22-10-8-14-26(22)25/h4-7,9,11-13,20,24,29H,3,8,10,14-19H2,1-2H3,(H,30,31). The van der Waals surface area contributed by atoms with Gasteiger partial charge in [-0.3, -0.25) is 0 Å². The van der Waals surface area contributed by atoms with Crippen LogP contribution in [0.2, 0.25) is 0 Å². The molecule has 0 atom stereocenters. The van der Waals surface area contributed by atoms with Gasteiger partial charge >= 0.3 is 6.09 Å². The van der Waals surface area contributed by atoms with Crippen molar-refractivity contribution in [1.82, 2.24) is 10.6 Å². The summed E-state index contributed by atoms with van der Waals surface area (Å²) in [6.45, 7) is 9.14. The van der Waals surface area contributed by atoms with E-state index in [-0.39, 0.29) is 23.7 Å². The van der Waals surface area contributed by atoms with Gasteiger partial charge in [0.1, 0.15) is 6.10 Å². The van der Waals surface area contributed by atoms with Gasteiger partial charge in [0.05, 0.1) is 0 Å². The van der Waals surface area contributed by atoms with Crippen molar-refractivity contribution in [3.63, 3.8) is 0 Å². The zero-order valence-corrected chi connectivity index (χ0v) is 19.5. The van der Waals surface area contributed by atoms with Crippen LogP contribution in [-0.4, -0.2) is 24.8 Å². The van der Waals surface area contributed by atoms with Crippen LogP contribution in [0.15, 0.2) is 55.1 Å². The highest BCUT2D eigenvalue weighted by Gasteiger charge is 2.38. The predicted molar refractivity (Wildman–Crippen MR) is 131 cm³/mol. The number of hydrogen-bond acceptors (Lipinski definition) is 3. The fourth-order valence-corrected chi connectivity index (χ4v) is 5.32. The first-order chi connectivity index (χ1) is 15.5. The molecule has 170 valence electrons. The summed E-state index contributed by atoms with van der Waals surface area (Å²) in [7, 11) is 0. The Kier molecular flexibility index (Phi) is 6.88. The van der Waals surface area contributed by atoms with Gasteiger partial charge in [0.15, 0.2) is 0 Å². The summed E-state index contributed by atoms with van der Waals surface area (Å²) in [6, 6.07) is 17.5. The van der Waals surface area contributed by atoms with Crippen LogP contribution >= 0.6 is 0 Å². The van der Waals surface area contributed by atoms with Gasteiger partial charge < -0.3 is 15.4 Å². The van der Waals surface area contributed by atoms with E-state index in [1.807, 2.05) is 13.8 Å². The molecule has 1 amide bonds. The van der Waals surface area contributed by atoms with E-state index >= 15 is 0 Å². The normalized spacial score (nSPS) is 22.3. The van der Waals surface area contributed by atoms with Crippen LogP contribution in [0.3, 0.4) is 0 Å². The van der Waals surface area contributed by atoms with Crippen LogP contribution in [0, 0.1) is 0 Å². The molecule has 1 saturated carbocycles. The van der Waals surface area contributed by atoms with Gasteiger partial charge in [-0.05, 0) is 75.5 Å². The predicted octanol–water partition coefficient (Wildman–Crippen LogP) is 5.75. The molecule has 0 bridgehead atoms. The summed E-state index contributed by atoms with van der Waals surface area (Å²) in [4.78, 5) is 12.1. The molecule has 32 heavy (non-hydrogen) atoms. The van der Waals surface area contributed by atoms with E-state index in [4.69, 9.17) is 4.74 Å². The minimum atomic E-state index is -0.304. The third-order valence-corrected chi connectivity index (χ3v) is 7.07. The molecule has 2 aromatic carbocycles. The SMILES string of the molecule is C=C(NCC1(c2ccccc2)CCC(OC(=O)NC(C)C)CC1)c1cccc2c1CCC2. The lowest BCUT2D eigenvalue weighted by atomic mass is 9.68. The molecule has 4 rings (SSSR count). The first-order valence-corrected chi connectivity index (χ1v) is 12.0. The van der Waals surface area contributed by atoms with Crippen molar-refractivity contribution in [3.05, 3.63) is 77.4 Å². The average molecular weight is 433 g/mol. The number of fused-ring (bicyclic) bond motifs is 1. The molecule has 0 aliphatic heterocycles. The maximum absolute atomic E-state index is 12.1. The molecule has 2 aromatic rings. The molecule has 0 unspecified atom stereocenters. The van der Waals surface area contributed by atoms with Crippen LogP contribution in [0.4, 0.5) is 4.79 Å². The maximum atomic E-state index is 12.1. The number of carbonyl (C=O) groups excluding carboxylic acids is 1. The minimum absolute atomic E-state index is 0.0105. The van der Waals surface area contributed by atoms with Crippen molar-refractivity contribution in [2.45, 2.75) is 76.4 Å². The summed E-state index contributed by atoms with van der Waals surface area (Å²) in [5.74, 6) is 0. The van der Waals surface area contributed by atoms with Crippen LogP contribution in [0.5, 0.6) is 0 Å². The molecule has 0 saturated heterocycles. The number of alkyl carbamates (subject to hydrolysis) is 1. The Morgan fingerprint density at radius 3 is 2.56 bits per heavy atom. The van der Waals surface area contributed by atoms with Crippen LogP contribution < -0.4 is 10.6 Å². The summed E-state index contributed by atoms with van der Waals surface area (Å²) in [5.41, 5.74) is 6.59. The summed E-state index contributed by atoms with van der Waals surface area (Å²) < 4.78 is 5.69. The van der Waals surface area contributed by atoms with E-state index in [1.54, 1.807) is 0 Å². The highest BCUT2D eigenvalue weighted by molar-refractivity contribution is 5.68. The van der Waals surface area contributed by atoms with E-state index in [0.29, 0.717) is 0 Å². The van der Waals surface area contributed by atoms with Gasteiger partial charge in [0, 0.05) is 29.3 Å². The lowest BCUT2D eigenvalue weighted by molar-refractivity contribution is 0.0564. The van der Waals surface area contributed by atoms with E-state index in [1.165, 1.54) is 35.1 Å². The third kappa shape index (κ3) is 5.01. The molecule has 0 aromatic heterocycles. The Labute approximate surface area is 192 Å². The number of carbonyl (C=O) groups is 1. The summed E-state index contributed by atoms with van der Waals surface area (Å²) >= 11 is 0. The van der Waals surface area contributed by atoms with E-state index in [2.05, 4.69) is 65.7 Å². The molecule has 4 heteroatoms. The summed E-state index contributed by atoms with van der Waals surface area (Å²) in [6.07, 6.45) is 6.93. The van der Waals surface area contributed by atoms with Gasteiger partial charge in [0.2, 0.25) is 0 Å². The number of ether oxygens (including phenoxy) is 1. The highest BCUT2D eigenvalue weighted by Crippen LogP contribution is 2.40. The van der Waals surface area contributed by atoms with Crippen molar-refractivity contribution < 1.29 is 9.53 Å². The van der Waals surface area contributed by atoms with Gasteiger partial charge in [-0.25, -0.2) is 4.79 Å². The quantitative estimate of drug-likeness (QED) is 0.586. The molecular weight excluding hydrogens is 396 g/mol. The van der Waals surface area contributed by atoms with Crippen molar-refractivity contribution in [1.29, 1.82) is 0 Å². The van der Waals surface area contributed by atoms with Crippen molar-refractivity contribution >= 4 is 11.8 Å². The van der Waals surface area contributed by atoms with Gasteiger partial charge in [-0.15, -0.1) is 0 Å². The number of hydrogen-bond donors (Lipinski definition) is 2. The van der Waals surface area contributed by atoms with Crippen LogP contribution in [-0.2, 0) is 23.0 Å². The Bertz CT molecular complexity index is 943. The van der Waals surface area contributed by atoms with Crippen LogP contribution in [0.25, 0.3) is 5.70 Å². The fraction of sp³-hybridized carbons (Fsp3) is 0.464. The van der Waals surface area contributed by atoms with E-state index in [0.717, 1.165) is 44.3 Å². The first kappa shape index (κ1) is 22.4. The van der Waals surface area contributed by atoms with Crippen LogP contribution in [0.1, 0.15) is 68.2 Å². The number of aryl methyl sites for hydroxylation is 1. The van der Waals surface area contributed by atoms with E-state index < -0.39 is 0 Å². The molecule has 2 aliphatic carbocycles. The lowest BCUT2D eigenvalue weighted by Crippen LogP contribution is -2.43. The largest absolute Gasteiger partial charge is 0.446 e. The number of benzene rings is 2. The Hall–Kier alpha value is -2.75. The van der Waals surface area contributed by atoms with Gasteiger partial charge in [-0.2, -0.15) is 0 Å². The average Bonchev–Trinajstić information content (AvgIpc) is 3.28. The molecule has 2 aliphatic rings. The second-order valence-electron chi connectivity index (χ2n) is 9.68. The zero-order chi connectivity index (χ0) is 22.6. The fourth-order valence-electron chi connectivity index (χ4n) is 5.32. The molecule has 2 N–H and O–H groups in total. The van der Waals surface area contributed by atoms with Gasteiger partial charge in [0.25, 0.3) is 0 Å². The zero-order valence-electron chi connectivity index (χ0n) is 19.5. The monoisotopic (exact) mass is 432 g/mol. The third-order valence-electron chi connectivity index (χ3n) is 7.07. The molecule has 0 spiro atoms. The van der Waals surface area contributed by atoms with E-state index in [9.17, 15) is 4.79 Å². The maximum Gasteiger partial charge on any atom is 0.407 e. The van der Waals surface area contributed by atoms with Crippen molar-refractivity contribution in [2.24, 2.45) is 0 Å². The first-order valence-electron chi connectivity index (χ1n) is 12.0. The summed E-state index contributed by atoms with van der Waals surface area (Å²) in [5, 5.41) is 6.54. The Morgan fingerprint density at radius 2 is 1.84 bits per heavy atom. The number of rotatable bonds is 7. The van der Waals surface area contributed by atoms with Crippen molar-refractivity contribution in [3.8, 4) is 0 Å². The molecular formula is C28H36N2O2. The molecule has 0 radical (unpaired) electrons. The number of amides is 1.